The zero-order valence-electron chi connectivity index (χ0n) is 10.7. The molecule has 0 aliphatic heterocycles. The highest BCUT2D eigenvalue weighted by Gasteiger charge is 2.39. The maximum Gasteiger partial charge on any atom is 0.315 e. The zero-order valence-corrected chi connectivity index (χ0v) is 11.5. The molecule has 0 amide bonds. The van der Waals surface area contributed by atoms with E-state index in [4.69, 9.17) is 5.73 Å². The zero-order chi connectivity index (χ0) is 13.9. The normalized spacial score (nSPS) is 14.0. The first-order chi connectivity index (χ1) is 9.08. The Kier molecular flexibility index (Phi) is 3.97. The van der Waals surface area contributed by atoms with Crippen molar-refractivity contribution in [3.05, 3.63) is 52.0 Å². The van der Waals surface area contributed by atoms with Crippen LogP contribution in [0, 0.1) is 6.92 Å². The van der Waals surface area contributed by atoms with Crippen molar-refractivity contribution in [3.8, 4) is 0 Å². The summed E-state index contributed by atoms with van der Waals surface area (Å²) in [5.74, 6) is -0.894. The fourth-order valence-electron chi connectivity index (χ4n) is 2.15. The summed E-state index contributed by atoms with van der Waals surface area (Å²) in [6.07, 6.45) is 2.07. The molecule has 1 aromatic carbocycles. The van der Waals surface area contributed by atoms with Crippen molar-refractivity contribution in [2.75, 3.05) is 6.54 Å². The minimum Gasteiger partial charge on any atom is -0.481 e. The van der Waals surface area contributed by atoms with Gasteiger partial charge in [0.1, 0.15) is 5.41 Å². The van der Waals surface area contributed by atoms with Crippen LogP contribution in [0.5, 0.6) is 0 Å². The Bertz CT molecular complexity index is 569. The molecule has 5 heteroatoms. The van der Waals surface area contributed by atoms with E-state index in [1.807, 2.05) is 31.2 Å². The molecule has 0 spiro atoms. The Balaban J connectivity index is 2.47. The molecule has 0 bridgehead atoms. The number of aliphatic carboxylic acids is 1. The largest absolute Gasteiger partial charge is 0.481 e. The van der Waals surface area contributed by atoms with E-state index in [9.17, 15) is 9.90 Å². The Morgan fingerprint density at radius 3 is 2.84 bits per heavy atom. The number of benzene rings is 1. The molecule has 1 unspecified atom stereocenters. The van der Waals surface area contributed by atoms with Gasteiger partial charge in [0, 0.05) is 24.0 Å². The summed E-state index contributed by atoms with van der Waals surface area (Å²) in [6.45, 7) is 2.00. The van der Waals surface area contributed by atoms with Crippen molar-refractivity contribution in [2.45, 2.75) is 18.8 Å². The van der Waals surface area contributed by atoms with E-state index in [-0.39, 0.29) is 6.54 Å². The number of carbonyl (C=O) groups is 1. The van der Waals surface area contributed by atoms with Crippen LogP contribution in [0.2, 0.25) is 0 Å². The lowest BCUT2D eigenvalue weighted by Crippen LogP contribution is -2.44. The van der Waals surface area contributed by atoms with Crippen molar-refractivity contribution in [3.63, 3.8) is 0 Å². The number of carboxylic acid groups (broad SMARTS) is 1. The van der Waals surface area contributed by atoms with Crippen molar-refractivity contribution in [1.29, 1.82) is 0 Å². The fraction of sp³-hybridized carbons (Fsp3) is 0.286. The summed E-state index contributed by atoms with van der Waals surface area (Å²) in [5, 5.41) is 9.67. The number of hydrogen-bond acceptors (Lipinski definition) is 4. The second kappa shape index (κ2) is 5.50. The minimum absolute atomic E-state index is 0.0592. The third-order valence-corrected chi connectivity index (χ3v) is 4.07. The van der Waals surface area contributed by atoms with Gasteiger partial charge in [-0.3, -0.25) is 9.78 Å². The van der Waals surface area contributed by atoms with Gasteiger partial charge in [-0.25, -0.2) is 0 Å². The number of nitrogens with zero attached hydrogens (tertiary/aromatic N) is 1. The maximum atomic E-state index is 11.8. The van der Waals surface area contributed by atoms with E-state index in [1.54, 1.807) is 11.7 Å². The van der Waals surface area contributed by atoms with Crippen LogP contribution in [0.25, 0.3) is 0 Å². The van der Waals surface area contributed by atoms with E-state index in [0.29, 0.717) is 6.42 Å². The summed E-state index contributed by atoms with van der Waals surface area (Å²) >= 11 is 1.45. The molecule has 2 aromatic rings. The predicted octanol–water partition coefficient (Wildman–Crippen LogP) is 1.98. The number of rotatable bonds is 5. The summed E-state index contributed by atoms with van der Waals surface area (Å²) < 4.78 is 0. The number of carboxylic acids is 1. The van der Waals surface area contributed by atoms with Gasteiger partial charge in [0.15, 0.2) is 0 Å². The van der Waals surface area contributed by atoms with E-state index in [1.165, 1.54) is 11.3 Å². The fourth-order valence-corrected chi connectivity index (χ4v) is 2.86. The molecule has 4 nitrogen and oxygen atoms in total. The highest BCUT2D eigenvalue weighted by Crippen LogP contribution is 2.30. The van der Waals surface area contributed by atoms with Crippen molar-refractivity contribution in [1.82, 2.24) is 4.98 Å². The van der Waals surface area contributed by atoms with Crippen LogP contribution in [-0.4, -0.2) is 22.6 Å². The smallest absolute Gasteiger partial charge is 0.315 e. The van der Waals surface area contributed by atoms with Crippen LogP contribution in [0.3, 0.4) is 0 Å². The van der Waals surface area contributed by atoms with E-state index in [2.05, 4.69) is 4.98 Å². The molecule has 1 atom stereocenters. The second-order valence-corrected chi connectivity index (χ2v) is 5.58. The Morgan fingerprint density at radius 1 is 1.53 bits per heavy atom. The van der Waals surface area contributed by atoms with Crippen molar-refractivity contribution < 1.29 is 9.90 Å². The molecule has 100 valence electrons. The van der Waals surface area contributed by atoms with Gasteiger partial charge in [0.2, 0.25) is 0 Å². The number of aromatic nitrogens is 1. The molecule has 0 radical (unpaired) electrons. The molecule has 0 saturated carbocycles. The van der Waals surface area contributed by atoms with Gasteiger partial charge in [-0.15, -0.1) is 11.3 Å². The molecule has 0 saturated heterocycles. The lowest BCUT2D eigenvalue weighted by Gasteiger charge is -2.28. The van der Waals surface area contributed by atoms with Gasteiger partial charge in [-0.05, 0) is 12.5 Å². The first kappa shape index (κ1) is 13.7. The van der Waals surface area contributed by atoms with Gasteiger partial charge in [0.05, 0.1) is 5.51 Å². The number of hydrogen-bond donors (Lipinski definition) is 2. The summed E-state index contributed by atoms with van der Waals surface area (Å²) in [4.78, 5) is 16.7. The molecular weight excluding hydrogens is 260 g/mol. The van der Waals surface area contributed by atoms with Crippen molar-refractivity contribution >= 4 is 17.3 Å². The molecule has 0 aliphatic rings. The Labute approximate surface area is 115 Å². The van der Waals surface area contributed by atoms with Crippen LogP contribution < -0.4 is 5.73 Å². The van der Waals surface area contributed by atoms with Gasteiger partial charge in [-0.2, -0.15) is 0 Å². The van der Waals surface area contributed by atoms with Crippen LogP contribution in [-0.2, 0) is 16.6 Å². The Hall–Kier alpha value is -1.72. The van der Waals surface area contributed by atoms with Crippen LogP contribution >= 0.6 is 11.3 Å². The summed E-state index contributed by atoms with van der Waals surface area (Å²) in [6, 6.07) is 7.53. The summed E-state index contributed by atoms with van der Waals surface area (Å²) in [7, 11) is 0. The highest BCUT2D eigenvalue weighted by atomic mass is 32.1. The molecule has 3 N–H and O–H groups in total. The van der Waals surface area contributed by atoms with E-state index < -0.39 is 11.4 Å². The third-order valence-electron chi connectivity index (χ3n) is 3.29. The first-order valence-corrected chi connectivity index (χ1v) is 6.84. The SMILES string of the molecule is Cc1cccc(C(CN)(Cc2cncs2)C(=O)O)c1. The molecule has 0 aliphatic carbocycles. The van der Waals surface area contributed by atoms with Crippen LogP contribution in [0.1, 0.15) is 16.0 Å². The predicted molar refractivity (Wildman–Crippen MR) is 75.4 cm³/mol. The van der Waals surface area contributed by atoms with Gasteiger partial charge in [-0.1, -0.05) is 29.8 Å². The van der Waals surface area contributed by atoms with E-state index >= 15 is 0 Å². The van der Waals surface area contributed by atoms with Gasteiger partial charge < -0.3 is 10.8 Å². The molecule has 19 heavy (non-hydrogen) atoms. The Morgan fingerprint density at radius 2 is 2.32 bits per heavy atom. The standard InChI is InChI=1S/C14H16N2O2S/c1-10-3-2-4-11(5-10)14(8-15,13(17)18)6-12-7-16-9-19-12/h2-5,7,9H,6,8,15H2,1H3,(H,17,18). The topological polar surface area (TPSA) is 76.2 Å². The lowest BCUT2D eigenvalue weighted by atomic mass is 9.77. The molecule has 1 aromatic heterocycles. The van der Waals surface area contributed by atoms with Crippen LogP contribution in [0.15, 0.2) is 36.0 Å². The highest BCUT2D eigenvalue weighted by molar-refractivity contribution is 7.09. The molecule has 0 fully saturated rings. The maximum absolute atomic E-state index is 11.8. The minimum atomic E-state index is -1.08. The third kappa shape index (κ3) is 2.67. The molecular formula is C14H16N2O2S. The van der Waals surface area contributed by atoms with Crippen molar-refractivity contribution in [2.24, 2.45) is 5.73 Å². The number of nitrogens with two attached hydrogens (primary N) is 1. The van der Waals surface area contributed by atoms with Gasteiger partial charge >= 0.3 is 5.97 Å². The number of thiazole rings is 1. The van der Waals surface area contributed by atoms with Gasteiger partial charge in [0.25, 0.3) is 0 Å². The van der Waals surface area contributed by atoms with Crippen LogP contribution in [0.4, 0.5) is 0 Å². The molecule has 2 rings (SSSR count). The summed E-state index contributed by atoms with van der Waals surface area (Å²) in [5.41, 5.74) is 8.20. The average Bonchev–Trinajstić information content (AvgIpc) is 2.88. The monoisotopic (exact) mass is 276 g/mol. The quantitative estimate of drug-likeness (QED) is 0.875. The number of aryl methyl sites for hydroxylation is 1. The molecule has 1 heterocycles. The first-order valence-electron chi connectivity index (χ1n) is 5.96. The average molecular weight is 276 g/mol. The van der Waals surface area contributed by atoms with E-state index in [0.717, 1.165) is 16.0 Å². The second-order valence-electron chi connectivity index (χ2n) is 4.61. The lowest BCUT2D eigenvalue weighted by molar-refractivity contribution is -0.143.